The number of benzene rings is 2. The Morgan fingerprint density at radius 2 is 1.66 bits per heavy atom. The molecule has 2 aromatic carbocycles. The minimum Gasteiger partial charge on any atom is -0.477 e. The van der Waals surface area contributed by atoms with Gasteiger partial charge in [-0.05, 0) is 53.2 Å². The summed E-state index contributed by atoms with van der Waals surface area (Å²) in [6.45, 7) is 0. The summed E-state index contributed by atoms with van der Waals surface area (Å²) in [5, 5.41) is 14.4. The molecule has 0 atom stereocenters. The Bertz CT molecular complexity index is 1560. The molecule has 0 spiro atoms. The van der Waals surface area contributed by atoms with Crippen molar-refractivity contribution >= 4 is 61.2 Å². The molecule has 1 N–H and O–H groups in total. The number of hydrogen-bond donors (Lipinski definition) is 1. The van der Waals surface area contributed by atoms with Gasteiger partial charge in [0.2, 0.25) is 0 Å². The van der Waals surface area contributed by atoms with Gasteiger partial charge in [0, 0.05) is 21.5 Å². The van der Waals surface area contributed by atoms with Gasteiger partial charge in [-0.25, -0.2) is 17.2 Å². The smallest absolute Gasteiger partial charge is 0.346 e. The summed E-state index contributed by atoms with van der Waals surface area (Å²) in [4.78, 5) is 12.9. The predicted molar refractivity (Wildman–Crippen MR) is 130 cm³/mol. The molecule has 5 aromatic rings. The third-order valence-corrected chi connectivity index (χ3v) is 8.83. The summed E-state index contributed by atoms with van der Waals surface area (Å²) in [6, 6.07) is 18.5. The van der Waals surface area contributed by atoms with E-state index in [0.29, 0.717) is 32.7 Å². The SMILES string of the molecule is O=C(O)c1sccc1-c1c(-c2cccs2)n(S(=O)(=O)c2ccc(Cl)cc2)c2ccccc12. The van der Waals surface area contributed by atoms with E-state index in [0.717, 1.165) is 16.2 Å². The molecule has 5 rings (SSSR count). The molecule has 9 heteroatoms. The van der Waals surface area contributed by atoms with E-state index in [-0.39, 0.29) is 9.77 Å². The van der Waals surface area contributed by atoms with Crippen LogP contribution in [0.15, 0.2) is 82.4 Å². The fourth-order valence-electron chi connectivity index (χ4n) is 3.75. The number of carbonyl (C=O) groups is 1. The molecular weight excluding hydrogens is 486 g/mol. The molecule has 0 amide bonds. The lowest BCUT2D eigenvalue weighted by molar-refractivity contribution is 0.0703. The highest BCUT2D eigenvalue weighted by molar-refractivity contribution is 7.90. The predicted octanol–water partition coefficient (Wildman–Crippen LogP) is 6.69. The zero-order chi connectivity index (χ0) is 22.5. The van der Waals surface area contributed by atoms with Gasteiger partial charge < -0.3 is 5.11 Å². The molecule has 0 bridgehead atoms. The van der Waals surface area contributed by atoms with Crippen molar-refractivity contribution < 1.29 is 18.3 Å². The maximum Gasteiger partial charge on any atom is 0.346 e. The largest absolute Gasteiger partial charge is 0.477 e. The first-order valence-electron chi connectivity index (χ1n) is 9.39. The summed E-state index contributed by atoms with van der Waals surface area (Å²) in [5.41, 5.74) is 1.99. The summed E-state index contributed by atoms with van der Waals surface area (Å²) in [7, 11) is -4.02. The quantitative estimate of drug-likeness (QED) is 0.292. The third-order valence-electron chi connectivity index (χ3n) is 5.07. The van der Waals surface area contributed by atoms with Crippen LogP contribution in [0, 0.1) is 0 Å². The second-order valence-electron chi connectivity index (χ2n) is 6.91. The molecular formula is C23H14ClNO4S3. The Morgan fingerprint density at radius 1 is 0.906 bits per heavy atom. The first-order chi connectivity index (χ1) is 15.4. The Hall–Kier alpha value is -2.91. The van der Waals surface area contributed by atoms with E-state index >= 15 is 0 Å². The normalized spacial score (nSPS) is 11.8. The van der Waals surface area contributed by atoms with Crippen molar-refractivity contribution in [2.45, 2.75) is 4.90 Å². The second-order valence-corrected chi connectivity index (χ2v) is 11.0. The second kappa shape index (κ2) is 7.90. The standard InChI is InChI=1S/C23H14ClNO4S3/c24-14-7-9-15(10-8-14)32(28,29)25-18-5-2-1-4-16(18)20(21(25)19-6-3-12-30-19)17-11-13-31-22(17)23(26)27/h1-13H,(H,26,27). The number of para-hydroxylation sites is 1. The zero-order valence-corrected chi connectivity index (χ0v) is 19.4. The van der Waals surface area contributed by atoms with E-state index in [1.165, 1.54) is 39.6 Å². The van der Waals surface area contributed by atoms with Crippen LogP contribution in [0.1, 0.15) is 9.67 Å². The lowest BCUT2D eigenvalue weighted by Crippen LogP contribution is -2.14. The molecule has 0 fully saturated rings. The number of aromatic nitrogens is 1. The Kier molecular flexibility index (Phi) is 5.17. The van der Waals surface area contributed by atoms with Crippen molar-refractivity contribution in [1.29, 1.82) is 0 Å². The van der Waals surface area contributed by atoms with E-state index in [9.17, 15) is 18.3 Å². The summed E-state index contributed by atoms with van der Waals surface area (Å²) in [6.07, 6.45) is 0. The van der Waals surface area contributed by atoms with Crippen LogP contribution in [0.4, 0.5) is 0 Å². The fourth-order valence-corrected chi connectivity index (χ4v) is 6.98. The monoisotopic (exact) mass is 499 g/mol. The topological polar surface area (TPSA) is 76.4 Å². The van der Waals surface area contributed by atoms with Crippen molar-refractivity contribution in [3.63, 3.8) is 0 Å². The third kappa shape index (κ3) is 3.27. The number of fused-ring (bicyclic) bond motifs is 1. The molecule has 0 aliphatic rings. The van der Waals surface area contributed by atoms with Crippen LogP contribution in [0.3, 0.4) is 0 Å². The van der Waals surface area contributed by atoms with Crippen LogP contribution in [0.25, 0.3) is 32.6 Å². The van der Waals surface area contributed by atoms with Gasteiger partial charge in [-0.3, -0.25) is 0 Å². The number of nitrogens with zero attached hydrogens (tertiary/aromatic N) is 1. The number of hydrogen-bond acceptors (Lipinski definition) is 5. The van der Waals surface area contributed by atoms with Crippen LogP contribution in [0.2, 0.25) is 5.02 Å². The highest BCUT2D eigenvalue weighted by Gasteiger charge is 2.30. The first-order valence-corrected chi connectivity index (χ1v) is 13.0. The van der Waals surface area contributed by atoms with E-state index < -0.39 is 16.0 Å². The van der Waals surface area contributed by atoms with Crippen LogP contribution >= 0.6 is 34.3 Å². The summed E-state index contributed by atoms with van der Waals surface area (Å²) >= 11 is 8.49. The number of thiophene rings is 2. The van der Waals surface area contributed by atoms with Gasteiger partial charge in [0.15, 0.2) is 0 Å². The highest BCUT2D eigenvalue weighted by Crippen LogP contribution is 2.46. The van der Waals surface area contributed by atoms with Crippen LogP contribution in [-0.2, 0) is 10.0 Å². The van der Waals surface area contributed by atoms with Gasteiger partial charge in [0.05, 0.1) is 21.0 Å². The molecule has 0 unspecified atom stereocenters. The van der Waals surface area contributed by atoms with E-state index in [4.69, 9.17) is 11.6 Å². The van der Waals surface area contributed by atoms with E-state index in [1.54, 1.807) is 23.6 Å². The summed E-state index contributed by atoms with van der Waals surface area (Å²) in [5.74, 6) is -1.05. The lowest BCUT2D eigenvalue weighted by atomic mass is 10.0. The van der Waals surface area contributed by atoms with Crippen LogP contribution in [0.5, 0.6) is 0 Å². The Labute approximate surface area is 196 Å². The maximum atomic E-state index is 13.9. The van der Waals surface area contributed by atoms with Gasteiger partial charge in [-0.2, -0.15) is 0 Å². The van der Waals surface area contributed by atoms with E-state index in [2.05, 4.69) is 0 Å². The minimum atomic E-state index is -4.02. The molecule has 0 radical (unpaired) electrons. The molecule has 5 nitrogen and oxygen atoms in total. The van der Waals surface area contributed by atoms with Gasteiger partial charge in [0.25, 0.3) is 10.0 Å². The zero-order valence-electron chi connectivity index (χ0n) is 16.2. The summed E-state index contributed by atoms with van der Waals surface area (Å²) < 4.78 is 29.1. The Morgan fingerprint density at radius 3 is 2.34 bits per heavy atom. The van der Waals surface area contributed by atoms with Gasteiger partial charge in [-0.1, -0.05) is 35.9 Å². The average molecular weight is 500 g/mol. The number of aromatic carboxylic acids is 1. The Balaban J connectivity index is 1.95. The number of rotatable bonds is 5. The van der Waals surface area contributed by atoms with E-state index in [1.807, 2.05) is 29.6 Å². The van der Waals surface area contributed by atoms with Crippen molar-refractivity contribution in [2.75, 3.05) is 0 Å². The molecule has 160 valence electrons. The van der Waals surface area contributed by atoms with Crippen molar-refractivity contribution in [3.8, 4) is 21.7 Å². The van der Waals surface area contributed by atoms with Crippen molar-refractivity contribution in [2.24, 2.45) is 0 Å². The van der Waals surface area contributed by atoms with Crippen LogP contribution in [-0.4, -0.2) is 23.5 Å². The number of carboxylic acids is 1. The molecule has 0 saturated carbocycles. The van der Waals surface area contributed by atoms with Gasteiger partial charge in [-0.15, -0.1) is 22.7 Å². The molecule has 32 heavy (non-hydrogen) atoms. The van der Waals surface area contributed by atoms with Crippen molar-refractivity contribution in [1.82, 2.24) is 3.97 Å². The van der Waals surface area contributed by atoms with Gasteiger partial charge >= 0.3 is 5.97 Å². The highest BCUT2D eigenvalue weighted by atomic mass is 35.5. The molecule has 3 heterocycles. The molecule has 0 saturated heterocycles. The maximum absolute atomic E-state index is 13.9. The fraction of sp³-hybridized carbons (Fsp3) is 0. The van der Waals surface area contributed by atoms with Gasteiger partial charge in [0.1, 0.15) is 4.88 Å². The number of carboxylic acid groups (broad SMARTS) is 1. The first kappa shape index (κ1) is 21.0. The average Bonchev–Trinajstić information content (AvgIpc) is 3.51. The van der Waals surface area contributed by atoms with Crippen LogP contribution < -0.4 is 0 Å². The number of halogens is 1. The van der Waals surface area contributed by atoms with Crippen molar-refractivity contribution in [3.05, 3.63) is 87.4 Å². The molecule has 0 aliphatic carbocycles. The molecule has 0 aliphatic heterocycles. The minimum absolute atomic E-state index is 0.0933. The lowest BCUT2D eigenvalue weighted by Gasteiger charge is -2.12. The molecule has 3 aromatic heterocycles.